The second-order valence-corrected chi connectivity index (χ2v) is 5.77. The molecule has 0 amide bonds. The van der Waals surface area contributed by atoms with Crippen LogP contribution in [0, 0.1) is 6.92 Å². The molecule has 0 saturated heterocycles. The second kappa shape index (κ2) is 6.64. The van der Waals surface area contributed by atoms with E-state index in [0.717, 1.165) is 11.3 Å². The summed E-state index contributed by atoms with van der Waals surface area (Å²) in [6.07, 6.45) is 0. The number of rotatable bonds is 2. The van der Waals surface area contributed by atoms with Crippen molar-refractivity contribution in [1.29, 1.82) is 0 Å². The summed E-state index contributed by atoms with van der Waals surface area (Å²) in [6.45, 7) is 1.97. The van der Waals surface area contributed by atoms with Crippen molar-refractivity contribution in [3.05, 3.63) is 57.0 Å². The molecule has 0 spiro atoms. The Bertz CT molecular complexity index is 653. The summed E-state index contributed by atoms with van der Waals surface area (Å²) in [6, 6.07) is 10.9. The van der Waals surface area contributed by atoms with Crippen LogP contribution in [0.15, 0.2) is 36.4 Å². The van der Waals surface area contributed by atoms with E-state index in [9.17, 15) is 0 Å². The minimum absolute atomic E-state index is 0.416. The van der Waals surface area contributed by atoms with Crippen LogP contribution in [-0.4, -0.2) is 5.11 Å². The molecule has 0 atom stereocenters. The van der Waals surface area contributed by atoms with Crippen LogP contribution in [-0.2, 0) is 0 Å². The molecular formula is C14H11Cl3N2S. The number of aryl methyl sites for hydroxylation is 1. The molecule has 2 N–H and O–H groups in total. The zero-order valence-electron chi connectivity index (χ0n) is 10.5. The largest absolute Gasteiger partial charge is 0.332 e. The van der Waals surface area contributed by atoms with Crippen LogP contribution >= 0.6 is 47.0 Å². The second-order valence-electron chi connectivity index (χ2n) is 4.14. The van der Waals surface area contributed by atoms with Crippen molar-refractivity contribution in [2.75, 3.05) is 10.6 Å². The zero-order valence-corrected chi connectivity index (χ0v) is 13.6. The van der Waals surface area contributed by atoms with Crippen LogP contribution in [0.25, 0.3) is 0 Å². The van der Waals surface area contributed by atoms with E-state index in [-0.39, 0.29) is 0 Å². The van der Waals surface area contributed by atoms with Crippen molar-refractivity contribution < 1.29 is 0 Å². The summed E-state index contributed by atoms with van der Waals surface area (Å²) in [5.41, 5.74) is 2.53. The maximum atomic E-state index is 6.09. The lowest BCUT2D eigenvalue weighted by Crippen LogP contribution is -2.19. The van der Waals surface area contributed by atoms with Gasteiger partial charge in [-0.2, -0.15) is 0 Å². The van der Waals surface area contributed by atoms with E-state index in [2.05, 4.69) is 10.6 Å². The highest BCUT2D eigenvalue weighted by molar-refractivity contribution is 7.80. The minimum atomic E-state index is 0.416. The van der Waals surface area contributed by atoms with Crippen molar-refractivity contribution in [2.45, 2.75) is 6.92 Å². The fraction of sp³-hybridized carbons (Fsp3) is 0.0714. The van der Waals surface area contributed by atoms with Gasteiger partial charge in [0, 0.05) is 10.7 Å². The van der Waals surface area contributed by atoms with Crippen LogP contribution in [0.5, 0.6) is 0 Å². The van der Waals surface area contributed by atoms with Crippen molar-refractivity contribution in [3.63, 3.8) is 0 Å². The van der Waals surface area contributed by atoms with E-state index in [1.165, 1.54) is 0 Å². The molecule has 2 aromatic carbocycles. The summed E-state index contributed by atoms with van der Waals surface area (Å²) in [5, 5.41) is 8.05. The van der Waals surface area contributed by atoms with Crippen molar-refractivity contribution in [2.24, 2.45) is 0 Å². The molecular weight excluding hydrogens is 335 g/mol. The fourth-order valence-corrected chi connectivity index (χ4v) is 2.34. The number of halogens is 3. The molecule has 0 aliphatic heterocycles. The number of nitrogens with one attached hydrogen (secondary N) is 2. The molecule has 0 heterocycles. The van der Waals surface area contributed by atoms with Crippen LogP contribution < -0.4 is 10.6 Å². The van der Waals surface area contributed by atoms with Crippen molar-refractivity contribution in [1.82, 2.24) is 0 Å². The number of hydrogen-bond donors (Lipinski definition) is 2. The molecule has 20 heavy (non-hydrogen) atoms. The molecule has 0 aliphatic carbocycles. The van der Waals surface area contributed by atoms with E-state index in [1.54, 1.807) is 18.2 Å². The smallest absolute Gasteiger partial charge is 0.175 e. The van der Waals surface area contributed by atoms with Gasteiger partial charge >= 0.3 is 0 Å². The Morgan fingerprint density at radius 2 is 1.70 bits per heavy atom. The van der Waals surface area contributed by atoms with Gasteiger partial charge < -0.3 is 10.6 Å². The van der Waals surface area contributed by atoms with E-state index in [4.69, 9.17) is 47.0 Å². The molecule has 2 aromatic rings. The minimum Gasteiger partial charge on any atom is -0.332 e. The predicted molar refractivity (Wildman–Crippen MR) is 92.5 cm³/mol. The van der Waals surface area contributed by atoms with Crippen molar-refractivity contribution >= 4 is 63.5 Å². The zero-order chi connectivity index (χ0) is 14.7. The van der Waals surface area contributed by atoms with Gasteiger partial charge in [-0.15, -0.1) is 0 Å². The monoisotopic (exact) mass is 344 g/mol. The van der Waals surface area contributed by atoms with Crippen LogP contribution in [0.2, 0.25) is 15.1 Å². The molecule has 0 aliphatic rings. The van der Waals surface area contributed by atoms with E-state index < -0.39 is 0 Å². The lowest BCUT2D eigenvalue weighted by molar-refractivity contribution is 1.45. The average molecular weight is 346 g/mol. The van der Waals surface area contributed by atoms with Gasteiger partial charge in [0.25, 0.3) is 0 Å². The topological polar surface area (TPSA) is 24.1 Å². The third-order valence-electron chi connectivity index (χ3n) is 2.65. The summed E-state index contributed by atoms with van der Waals surface area (Å²) in [7, 11) is 0. The predicted octanol–water partition coefficient (Wildman–Crippen LogP) is 5.76. The molecule has 0 bridgehead atoms. The molecule has 104 valence electrons. The first-order valence-electron chi connectivity index (χ1n) is 5.75. The summed E-state index contributed by atoms with van der Waals surface area (Å²) >= 11 is 23.3. The third-order valence-corrected chi connectivity index (χ3v) is 3.91. The standard InChI is InChI=1S/C14H11Cl3N2S/c1-8-5-6-9(15)7-12(8)19-14(20)18-11-4-2-3-10(16)13(11)17/h2-7H,1H3,(H2,18,19,20). The van der Waals surface area contributed by atoms with Crippen LogP contribution in [0.4, 0.5) is 11.4 Å². The Hall–Kier alpha value is -1.000. The van der Waals surface area contributed by atoms with Crippen LogP contribution in [0.3, 0.4) is 0 Å². The molecule has 0 unspecified atom stereocenters. The Balaban J connectivity index is 2.13. The molecule has 0 saturated carbocycles. The first kappa shape index (κ1) is 15.4. The summed E-state index contributed by atoms with van der Waals surface area (Å²) < 4.78 is 0. The highest BCUT2D eigenvalue weighted by Gasteiger charge is 2.07. The van der Waals surface area contributed by atoms with Gasteiger partial charge in [-0.25, -0.2) is 0 Å². The summed E-state index contributed by atoms with van der Waals surface area (Å²) in [4.78, 5) is 0. The highest BCUT2D eigenvalue weighted by Crippen LogP contribution is 2.29. The lowest BCUT2D eigenvalue weighted by atomic mass is 10.2. The number of anilines is 2. The summed E-state index contributed by atoms with van der Waals surface area (Å²) in [5.74, 6) is 0. The quantitative estimate of drug-likeness (QED) is 0.676. The van der Waals surface area contributed by atoms with Gasteiger partial charge in [-0.05, 0) is 49.0 Å². The number of hydrogen-bond acceptors (Lipinski definition) is 1. The van der Waals surface area contributed by atoms with E-state index in [0.29, 0.717) is 25.9 Å². The Kier molecular flexibility index (Phi) is 5.11. The first-order valence-corrected chi connectivity index (χ1v) is 7.30. The molecule has 0 aromatic heterocycles. The number of thiocarbonyl (C=S) groups is 1. The maximum Gasteiger partial charge on any atom is 0.175 e. The Morgan fingerprint density at radius 3 is 2.45 bits per heavy atom. The molecule has 0 radical (unpaired) electrons. The fourth-order valence-electron chi connectivity index (χ4n) is 1.61. The molecule has 6 heteroatoms. The SMILES string of the molecule is Cc1ccc(Cl)cc1NC(=S)Nc1cccc(Cl)c1Cl. The third kappa shape index (κ3) is 3.76. The van der Waals surface area contributed by atoms with Gasteiger partial charge in [0.2, 0.25) is 0 Å². The normalized spacial score (nSPS) is 10.2. The van der Waals surface area contributed by atoms with Crippen molar-refractivity contribution in [3.8, 4) is 0 Å². The van der Waals surface area contributed by atoms with E-state index >= 15 is 0 Å². The molecule has 2 nitrogen and oxygen atoms in total. The van der Waals surface area contributed by atoms with Gasteiger partial charge in [0.05, 0.1) is 15.7 Å². The lowest BCUT2D eigenvalue weighted by Gasteiger charge is -2.14. The van der Waals surface area contributed by atoms with Gasteiger partial charge in [-0.1, -0.05) is 46.9 Å². The van der Waals surface area contributed by atoms with Gasteiger partial charge in [0.1, 0.15) is 0 Å². The van der Waals surface area contributed by atoms with Crippen LogP contribution in [0.1, 0.15) is 5.56 Å². The Labute approximate surface area is 138 Å². The van der Waals surface area contributed by atoms with Gasteiger partial charge in [0.15, 0.2) is 5.11 Å². The number of benzene rings is 2. The highest BCUT2D eigenvalue weighted by atomic mass is 35.5. The average Bonchev–Trinajstić information content (AvgIpc) is 2.39. The first-order chi connectivity index (χ1) is 9.47. The van der Waals surface area contributed by atoms with Gasteiger partial charge in [-0.3, -0.25) is 0 Å². The maximum absolute atomic E-state index is 6.09. The molecule has 0 fully saturated rings. The van der Waals surface area contributed by atoms with E-state index in [1.807, 2.05) is 25.1 Å². The molecule has 2 rings (SSSR count). The Morgan fingerprint density at radius 1 is 1.00 bits per heavy atom.